The second-order valence-electron chi connectivity index (χ2n) is 19.9. The first-order valence-electron chi connectivity index (χ1n) is 26.5. The zero-order valence-corrected chi connectivity index (χ0v) is 47.8. The maximum Gasteiger partial charge on any atom is 0.243 e. The van der Waals surface area contributed by atoms with Gasteiger partial charge in [-0.15, -0.1) is 0 Å². The van der Waals surface area contributed by atoms with E-state index in [1.165, 1.54) is 33.5 Å². The maximum atomic E-state index is 12.4. The molecule has 428 valence electrons. The average Bonchev–Trinajstić information content (AvgIpc) is 3.94. The summed E-state index contributed by atoms with van der Waals surface area (Å²) >= 11 is 28.4. The van der Waals surface area contributed by atoms with E-state index < -0.39 is 6.10 Å². The van der Waals surface area contributed by atoms with Crippen LogP contribution >= 0.6 is 46.4 Å². The quantitative estimate of drug-likeness (QED) is 0.0391. The first-order chi connectivity index (χ1) is 39.3. The lowest BCUT2D eigenvalue weighted by atomic mass is 10.0. The van der Waals surface area contributed by atoms with Crippen LogP contribution in [0.2, 0.25) is 20.1 Å². The van der Waals surface area contributed by atoms with Crippen molar-refractivity contribution in [3.63, 3.8) is 0 Å². The van der Waals surface area contributed by atoms with Gasteiger partial charge in [0.25, 0.3) is 0 Å². The van der Waals surface area contributed by atoms with Crippen LogP contribution in [-0.2, 0) is 28.5 Å². The Morgan fingerprint density at radius 1 is 0.580 bits per heavy atom. The molecule has 0 spiro atoms. The van der Waals surface area contributed by atoms with Crippen molar-refractivity contribution in [3.8, 4) is 45.5 Å². The number of methoxy groups -OCH3 is 3. The van der Waals surface area contributed by atoms with Crippen molar-refractivity contribution in [2.24, 2.45) is 0 Å². The van der Waals surface area contributed by atoms with Gasteiger partial charge in [0.05, 0.1) is 109 Å². The van der Waals surface area contributed by atoms with Crippen LogP contribution in [0.5, 0.6) is 23.0 Å². The van der Waals surface area contributed by atoms with Crippen molar-refractivity contribution < 1.29 is 47.5 Å². The molecule has 4 saturated heterocycles. The number of nitrogens with zero attached hydrogens (tertiary/aromatic N) is 4. The van der Waals surface area contributed by atoms with Gasteiger partial charge in [0, 0.05) is 89.7 Å². The lowest BCUT2D eigenvalue weighted by Crippen LogP contribution is -2.52. The molecule has 2 aromatic carbocycles. The topological polar surface area (TPSA) is 232 Å². The van der Waals surface area contributed by atoms with E-state index in [0.717, 1.165) is 34.4 Å². The van der Waals surface area contributed by atoms with Crippen LogP contribution in [-0.4, -0.2) is 148 Å². The molecule has 6 N–H and O–H groups in total. The summed E-state index contributed by atoms with van der Waals surface area (Å²) in [6.07, 6.45) is 8.91. The number of fused-ring (bicyclic) bond motifs is 2. The van der Waals surface area contributed by atoms with Gasteiger partial charge >= 0.3 is 0 Å². The summed E-state index contributed by atoms with van der Waals surface area (Å²) in [5, 5.41) is 24.3. The minimum atomic E-state index is -0.394. The van der Waals surface area contributed by atoms with Gasteiger partial charge in [-0.1, -0.05) is 59.6 Å². The van der Waals surface area contributed by atoms with Crippen molar-refractivity contribution in [2.75, 3.05) is 95.5 Å². The predicted octanol–water partition coefficient (Wildman–Crippen LogP) is 9.53. The van der Waals surface area contributed by atoms with Crippen molar-refractivity contribution >= 4 is 103 Å². The number of hydrogen-bond donors (Lipinski definition) is 6. The largest absolute Gasteiger partial charge is 0.495 e. The third-order valence-electron chi connectivity index (χ3n) is 14.7. The standard InChI is InChI=1S/C57H62Cl4N10O10/c1-6-48(72)68-36-10-14-78-27-40(36)66-46-19-34-29(23-62-46)17-39(70-56(34)64-31-8-12-77-13-9-31)51-54(60)44(76-5)22-45(55(51)61)81-26-33-18-32(25-80-33)65-57-35-20-47(67-41-28-79-15-11-37(41)69-49(73)7-2)63-24-30(35)16-38(71-57)50-52(58)42(74-3)21-43(75-4)53(50)59/h6-7,16-17,19-24,31-33,36-37,40-41H,1-2,8-15,18,25-28H2,3-5H3,(H,62,66)(H,63,67)(H,64,70)(H,65,71)(H,68,72)(H,69,73)/t32?,33?,36-,37-,40+,41+/m0/s1. The molecule has 0 saturated carbocycles. The highest BCUT2D eigenvalue weighted by atomic mass is 35.5. The molecule has 20 nitrogen and oxygen atoms in total. The minimum absolute atomic E-state index is 0.0764. The van der Waals surface area contributed by atoms with Crippen LogP contribution in [0.4, 0.5) is 23.3 Å². The molecule has 0 aliphatic carbocycles. The number of aromatic nitrogens is 4. The van der Waals surface area contributed by atoms with Crippen molar-refractivity contribution in [1.82, 2.24) is 30.6 Å². The zero-order valence-electron chi connectivity index (χ0n) is 44.8. The summed E-state index contributed by atoms with van der Waals surface area (Å²) in [5.41, 5.74) is 1.72. The summed E-state index contributed by atoms with van der Waals surface area (Å²) in [4.78, 5) is 44.6. The second-order valence-corrected chi connectivity index (χ2v) is 21.4. The van der Waals surface area contributed by atoms with Crippen LogP contribution < -0.4 is 50.8 Å². The molecular weight excluding hydrogens is 1130 g/mol. The summed E-state index contributed by atoms with van der Waals surface area (Å²) < 4.78 is 47.2. The average molecular weight is 1190 g/mol. The highest BCUT2D eigenvalue weighted by Crippen LogP contribution is 2.48. The molecular formula is C57H62Cl4N10O10. The first kappa shape index (κ1) is 57.6. The summed E-state index contributed by atoms with van der Waals surface area (Å²) in [6.45, 7) is 10.6. The van der Waals surface area contributed by atoms with Gasteiger partial charge in [0.15, 0.2) is 0 Å². The lowest BCUT2D eigenvalue weighted by molar-refractivity contribution is -0.118. The van der Waals surface area contributed by atoms with Gasteiger partial charge in [-0.05, 0) is 68.5 Å². The van der Waals surface area contributed by atoms with Gasteiger partial charge in [0.2, 0.25) is 11.8 Å². The number of carbonyl (C=O) groups is 2. The Labute approximate surface area is 488 Å². The molecule has 4 aromatic heterocycles. The number of hydrogen-bond acceptors (Lipinski definition) is 18. The first-order valence-corrected chi connectivity index (χ1v) is 28.0. The molecule has 24 heteroatoms. The second kappa shape index (κ2) is 26.1. The molecule has 4 aliphatic rings. The van der Waals surface area contributed by atoms with Gasteiger partial charge in [-0.25, -0.2) is 19.9 Å². The van der Waals surface area contributed by atoms with Gasteiger partial charge in [0.1, 0.15) is 52.9 Å². The minimum Gasteiger partial charge on any atom is -0.495 e. The summed E-state index contributed by atoms with van der Waals surface area (Å²) in [6, 6.07) is 9.72. The number of amides is 2. The summed E-state index contributed by atoms with van der Waals surface area (Å²) in [5.74, 6) is 3.04. The van der Waals surface area contributed by atoms with Crippen LogP contribution in [0.25, 0.3) is 44.1 Å². The zero-order chi connectivity index (χ0) is 56.7. The Morgan fingerprint density at radius 2 is 1.04 bits per heavy atom. The number of benzene rings is 2. The lowest BCUT2D eigenvalue weighted by Gasteiger charge is -2.33. The van der Waals surface area contributed by atoms with Crippen molar-refractivity contribution in [3.05, 3.63) is 94.2 Å². The number of ether oxygens (including phenoxy) is 8. The third kappa shape index (κ3) is 13.0. The van der Waals surface area contributed by atoms with E-state index in [4.69, 9.17) is 104 Å². The third-order valence-corrected chi connectivity index (χ3v) is 16.2. The predicted molar refractivity (Wildman–Crippen MR) is 314 cm³/mol. The Hall–Kier alpha value is -6.62. The Bertz CT molecular complexity index is 3310. The maximum absolute atomic E-state index is 12.4. The van der Waals surface area contributed by atoms with Crippen molar-refractivity contribution in [1.29, 1.82) is 0 Å². The van der Waals surface area contributed by atoms with Crippen molar-refractivity contribution in [2.45, 2.75) is 74.5 Å². The Morgan fingerprint density at radius 3 is 1.52 bits per heavy atom. The number of pyridine rings is 4. The number of carbonyl (C=O) groups excluding carboxylic acids is 2. The summed E-state index contributed by atoms with van der Waals surface area (Å²) in [7, 11) is 4.54. The highest BCUT2D eigenvalue weighted by molar-refractivity contribution is 6.42. The molecule has 2 amide bonds. The number of nitrogens with one attached hydrogen (secondary N) is 6. The number of anilines is 4. The fraction of sp³-hybridized carbons (Fsp3) is 0.404. The Balaban J connectivity index is 0.918. The van der Waals surface area contributed by atoms with E-state index in [9.17, 15) is 9.59 Å². The van der Waals surface area contributed by atoms with E-state index in [2.05, 4.69) is 45.1 Å². The van der Waals surface area contributed by atoms with E-state index in [-0.39, 0.29) is 74.8 Å². The van der Waals surface area contributed by atoms with Crippen LogP contribution in [0.15, 0.2) is 74.1 Å². The number of rotatable bonds is 20. The van der Waals surface area contributed by atoms with Gasteiger partial charge in [-0.3, -0.25) is 9.59 Å². The van der Waals surface area contributed by atoms with Gasteiger partial charge < -0.3 is 69.8 Å². The molecule has 8 heterocycles. The van der Waals surface area contributed by atoms with E-state index in [1.54, 1.807) is 24.5 Å². The molecule has 4 fully saturated rings. The van der Waals surface area contributed by atoms with E-state index >= 15 is 0 Å². The molecule has 6 atom stereocenters. The fourth-order valence-corrected chi connectivity index (χ4v) is 11.8. The van der Waals surface area contributed by atoms with E-state index in [0.29, 0.717) is 134 Å². The Kier molecular flexibility index (Phi) is 18.6. The number of halogens is 4. The highest BCUT2D eigenvalue weighted by Gasteiger charge is 2.32. The molecule has 10 rings (SSSR count). The molecule has 4 aliphatic heterocycles. The van der Waals surface area contributed by atoms with Crippen LogP contribution in [0.1, 0.15) is 32.1 Å². The molecule has 0 bridgehead atoms. The molecule has 0 radical (unpaired) electrons. The molecule has 6 aromatic rings. The monoisotopic (exact) mass is 1190 g/mol. The molecule has 2 unspecified atom stereocenters. The van der Waals surface area contributed by atoms with Crippen LogP contribution in [0.3, 0.4) is 0 Å². The van der Waals surface area contributed by atoms with E-state index in [1.807, 2.05) is 24.3 Å². The fourth-order valence-electron chi connectivity index (χ4n) is 10.4. The SMILES string of the molecule is C=CC(=O)N[C@H]1CCOC[C@H]1Nc1cc2c(NC3COC(COc4cc(OC)c(Cl)c(-c5cc6cnc(N[C@@H]7COCC[C@@H]7NC(=O)C=C)cc6c(NC6CCOCC6)n5)c4Cl)C3)nc(-c3c(Cl)c(OC)cc(OC)c3Cl)cc2cn1. The normalized spacial score (nSPS) is 21.2. The van der Waals surface area contributed by atoms with Gasteiger partial charge in [-0.2, -0.15) is 0 Å². The van der Waals surface area contributed by atoms with Crippen LogP contribution in [0, 0.1) is 0 Å². The smallest absolute Gasteiger partial charge is 0.243 e. The molecule has 81 heavy (non-hydrogen) atoms.